The van der Waals surface area contributed by atoms with Crippen LogP contribution in [-0.2, 0) is 4.79 Å². The first-order valence-corrected chi connectivity index (χ1v) is 10.6. The molecule has 1 atom stereocenters. The minimum Gasteiger partial charge on any atom is -0.484 e. The molecule has 0 aliphatic rings. The van der Waals surface area contributed by atoms with E-state index in [1.165, 1.54) is 5.56 Å². The van der Waals surface area contributed by atoms with Crippen LogP contribution in [0.3, 0.4) is 0 Å². The summed E-state index contributed by atoms with van der Waals surface area (Å²) in [6.07, 6.45) is 2.78. The third kappa shape index (κ3) is 6.32. The lowest BCUT2D eigenvalue weighted by atomic mass is 10.1. The lowest BCUT2D eigenvalue weighted by Crippen LogP contribution is -2.11. The smallest absolute Gasteiger partial charge is 0.341 e. The number of aromatic nitrogens is 1. The molecule has 3 rings (SSSR count). The molecule has 0 fully saturated rings. The van der Waals surface area contributed by atoms with Crippen molar-refractivity contribution in [3.63, 3.8) is 0 Å². The van der Waals surface area contributed by atoms with Gasteiger partial charge < -0.3 is 14.6 Å². The Hall–Kier alpha value is -3.34. The zero-order valence-electron chi connectivity index (χ0n) is 18.3. The summed E-state index contributed by atoms with van der Waals surface area (Å²) >= 11 is 0. The molecular weight excluding hydrogens is 390 g/mol. The maximum Gasteiger partial charge on any atom is 0.341 e. The second kappa shape index (κ2) is 10.6. The number of aryl methyl sites for hydroxylation is 2. The summed E-state index contributed by atoms with van der Waals surface area (Å²) in [7, 11) is 0. The summed E-state index contributed by atoms with van der Waals surface area (Å²) in [4.78, 5) is 15.6. The molecule has 162 valence electrons. The van der Waals surface area contributed by atoms with Gasteiger partial charge in [0.15, 0.2) is 6.61 Å². The van der Waals surface area contributed by atoms with Crippen molar-refractivity contribution in [2.24, 2.45) is 0 Å². The topological polar surface area (TPSA) is 68.7 Å². The van der Waals surface area contributed by atoms with Gasteiger partial charge in [-0.05, 0) is 62.6 Å². The van der Waals surface area contributed by atoms with E-state index in [0.29, 0.717) is 11.5 Å². The number of unbranched alkanes of at least 4 members (excludes halogenated alkanes) is 1. The van der Waals surface area contributed by atoms with E-state index in [9.17, 15) is 4.79 Å². The molecular formula is C26H29NO4. The standard InChI is InChI=1S/C26H29NO4/c1-4-5-9-25(31-21-14-15-24(19(3)16-21)30-17-26(28)29)23-8-6-7-22(27-23)20-12-10-18(2)11-13-20/h6-8,10-16,25H,4-5,9,17H2,1-3H3,(H,28,29). The van der Waals surface area contributed by atoms with Crippen LogP contribution in [0.1, 0.15) is 49.1 Å². The Bertz CT molecular complexity index is 1010. The van der Waals surface area contributed by atoms with Crippen LogP contribution in [-0.4, -0.2) is 22.7 Å². The molecule has 1 aromatic heterocycles. The number of hydrogen-bond acceptors (Lipinski definition) is 4. The first-order valence-electron chi connectivity index (χ1n) is 10.6. The van der Waals surface area contributed by atoms with Gasteiger partial charge in [-0.25, -0.2) is 9.78 Å². The fraction of sp³-hybridized carbons (Fsp3) is 0.308. The number of carboxylic acids is 1. The number of benzene rings is 2. The predicted molar refractivity (Wildman–Crippen MR) is 122 cm³/mol. The number of hydrogen-bond donors (Lipinski definition) is 1. The van der Waals surface area contributed by atoms with Gasteiger partial charge in [0.1, 0.15) is 17.6 Å². The predicted octanol–water partition coefficient (Wildman–Crippen LogP) is 6.14. The monoisotopic (exact) mass is 419 g/mol. The zero-order valence-corrected chi connectivity index (χ0v) is 18.3. The van der Waals surface area contributed by atoms with Crippen LogP contribution in [0.4, 0.5) is 0 Å². The number of rotatable bonds is 10. The van der Waals surface area contributed by atoms with Gasteiger partial charge in [0, 0.05) is 5.56 Å². The fourth-order valence-electron chi connectivity index (χ4n) is 3.33. The molecule has 0 radical (unpaired) electrons. The van der Waals surface area contributed by atoms with Gasteiger partial charge in [0.25, 0.3) is 0 Å². The molecule has 0 saturated heterocycles. The van der Waals surface area contributed by atoms with Gasteiger partial charge >= 0.3 is 5.97 Å². The van der Waals surface area contributed by atoms with E-state index in [0.717, 1.165) is 41.8 Å². The molecule has 5 heteroatoms. The number of carboxylic acid groups (broad SMARTS) is 1. The summed E-state index contributed by atoms with van der Waals surface area (Å²) in [5.41, 5.74) is 4.95. The Morgan fingerprint density at radius 3 is 2.52 bits per heavy atom. The summed E-state index contributed by atoms with van der Waals surface area (Å²) in [6, 6.07) is 19.8. The van der Waals surface area contributed by atoms with Crippen molar-refractivity contribution in [1.29, 1.82) is 0 Å². The van der Waals surface area contributed by atoms with Crippen LogP contribution in [0.15, 0.2) is 60.7 Å². The van der Waals surface area contributed by atoms with Crippen molar-refractivity contribution in [3.8, 4) is 22.8 Å². The summed E-state index contributed by atoms with van der Waals surface area (Å²) < 4.78 is 11.7. The third-order valence-corrected chi connectivity index (χ3v) is 5.04. The highest BCUT2D eigenvalue weighted by atomic mass is 16.5. The highest BCUT2D eigenvalue weighted by Gasteiger charge is 2.16. The third-order valence-electron chi connectivity index (χ3n) is 5.04. The van der Waals surface area contributed by atoms with Gasteiger partial charge in [-0.3, -0.25) is 0 Å². The van der Waals surface area contributed by atoms with Crippen molar-refractivity contribution in [3.05, 3.63) is 77.5 Å². The summed E-state index contributed by atoms with van der Waals surface area (Å²) in [5, 5.41) is 8.81. The van der Waals surface area contributed by atoms with Gasteiger partial charge in [-0.2, -0.15) is 0 Å². The minimum atomic E-state index is -1.00. The van der Waals surface area contributed by atoms with E-state index < -0.39 is 5.97 Å². The van der Waals surface area contributed by atoms with E-state index >= 15 is 0 Å². The summed E-state index contributed by atoms with van der Waals surface area (Å²) in [5.74, 6) is 0.252. The molecule has 0 spiro atoms. The van der Waals surface area contributed by atoms with E-state index in [4.69, 9.17) is 19.6 Å². The Balaban J connectivity index is 1.82. The van der Waals surface area contributed by atoms with E-state index in [1.807, 2.05) is 37.3 Å². The molecule has 1 unspecified atom stereocenters. The summed E-state index contributed by atoms with van der Waals surface area (Å²) in [6.45, 7) is 5.74. The minimum absolute atomic E-state index is 0.171. The molecule has 2 aromatic carbocycles. The highest BCUT2D eigenvalue weighted by Crippen LogP contribution is 2.30. The van der Waals surface area contributed by atoms with Crippen LogP contribution in [0.5, 0.6) is 11.5 Å². The van der Waals surface area contributed by atoms with Crippen LogP contribution < -0.4 is 9.47 Å². The fourth-order valence-corrected chi connectivity index (χ4v) is 3.33. The molecule has 0 bridgehead atoms. The lowest BCUT2D eigenvalue weighted by Gasteiger charge is -2.20. The van der Waals surface area contributed by atoms with Crippen molar-refractivity contribution in [2.75, 3.05) is 6.61 Å². The van der Waals surface area contributed by atoms with Crippen LogP contribution in [0, 0.1) is 13.8 Å². The highest BCUT2D eigenvalue weighted by molar-refractivity contribution is 5.68. The molecule has 31 heavy (non-hydrogen) atoms. The molecule has 0 saturated carbocycles. The SMILES string of the molecule is CCCCC(Oc1ccc(OCC(=O)O)c(C)c1)c1cccc(-c2ccc(C)cc2)n1. The average molecular weight is 420 g/mol. The maximum absolute atomic E-state index is 10.7. The first-order chi connectivity index (χ1) is 15.0. The Morgan fingerprint density at radius 2 is 1.84 bits per heavy atom. The molecule has 0 aliphatic heterocycles. The zero-order chi connectivity index (χ0) is 22.2. The molecule has 1 heterocycles. The Labute approximate surface area is 183 Å². The molecule has 1 N–H and O–H groups in total. The Kier molecular flexibility index (Phi) is 7.65. The maximum atomic E-state index is 10.7. The molecule has 3 aromatic rings. The van der Waals surface area contributed by atoms with Crippen molar-refractivity contribution < 1.29 is 19.4 Å². The number of aliphatic carboxylic acids is 1. The van der Waals surface area contributed by atoms with Crippen LogP contribution in [0.2, 0.25) is 0 Å². The normalized spacial score (nSPS) is 11.7. The average Bonchev–Trinajstić information content (AvgIpc) is 2.76. The molecule has 5 nitrogen and oxygen atoms in total. The largest absolute Gasteiger partial charge is 0.484 e. The Morgan fingerprint density at radius 1 is 1.06 bits per heavy atom. The lowest BCUT2D eigenvalue weighted by molar-refractivity contribution is -0.139. The number of carbonyl (C=O) groups is 1. The first kappa shape index (κ1) is 22.3. The van der Waals surface area contributed by atoms with Crippen molar-refractivity contribution in [1.82, 2.24) is 4.98 Å². The van der Waals surface area contributed by atoms with Gasteiger partial charge in [0.2, 0.25) is 0 Å². The molecule has 0 aliphatic carbocycles. The van der Waals surface area contributed by atoms with Gasteiger partial charge in [-0.15, -0.1) is 0 Å². The molecule has 0 amide bonds. The van der Waals surface area contributed by atoms with E-state index in [1.54, 1.807) is 6.07 Å². The van der Waals surface area contributed by atoms with Crippen molar-refractivity contribution in [2.45, 2.75) is 46.1 Å². The second-order valence-electron chi connectivity index (χ2n) is 7.67. The van der Waals surface area contributed by atoms with Crippen LogP contribution in [0.25, 0.3) is 11.3 Å². The number of nitrogens with zero attached hydrogens (tertiary/aromatic N) is 1. The van der Waals surface area contributed by atoms with Crippen molar-refractivity contribution >= 4 is 5.97 Å². The van der Waals surface area contributed by atoms with Crippen LogP contribution >= 0.6 is 0 Å². The van der Waals surface area contributed by atoms with E-state index in [2.05, 4.69) is 38.1 Å². The number of pyridine rings is 1. The van der Waals surface area contributed by atoms with E-state index in [-0.39, 0.29) is 12.7 Å². The van der Waals surface area contributed by atoms with Gasteiger partial charge in [0.05, 0.1) is 11.4 Å². The quantitative estimate of drug-likeness (QED) is 0.427. The van der Waals surface area contributed by atoms with Gasteiger partial charge in [-0.1, -0.05) is 49.2 Å². The second-order valence-corrected chi connectivity index (χ2v) is 7.67. The number of ether oxygens (including phenoxy) is 2.